The maximum atomic E-state index is 10.9. The van der Waals surface area contributed by atoms with E-state index in [1.165, 1.54) is 5.56 Å². The third kappa shape index (κ3) is 3.51. The molecule has 0 unspecified atom stereocenters. The van der Waals surface area contributed by atoms with Crippen LogP contribution in [0.15, 0.2) is 18.2 Å². The van der Waals surface area contributed by atoms with Gasteiger partial charge in [0.1, 0.15) is 6.07 Å². The Bertz CT molecular complexity index is 525. The van der Waals surface area contributed by atoms with Crippen LogP contribution in [0.3, 0.4) is 0 Å². The van der Waals surface area contributed by atoms with Gasteiger partial charge in [-0.05, 0) is 43.4 Å². The lowest BCUT2D eigenvalue weighted by Crippen LogP contribution is -2.38. The second kappa shape index (κ2) is 6.42. The Labute approximate surface area is 120 Å². The minimum Gasteiger partial charge on any atom is -0.370 e. The summed E-state index contributed by atoms with van der Waals surface area (Å²) in [4.78, 5) is 13.2. The van der Waals surface area contributed by atoms with Gasteiger partial charge in [0.25, 0.3) is 0 Å². The fourth-order valence-corrected chi connectivity index (χ4v) is 2.66. The van der Waals surface area contributed by atoms with Crippen molar-refractivity contribution in [2.45, 2.75) is 26.7 Å². The number of nitriles is 1. The van der Waals surface area contributed by atoms with Crippen LogP contribution in [0.2, 0.25) is 0 Å². The van der Waals surface area contributed by atoms with E-state index in [0.717, 1.165) is 43.7 Å². The Balaban J connectivity index is 1.99. The van der Waals surface area contributed by atoms with E-state index in [-0.39, 0.29) is 5.91 Å². The molecule has 4 nitrogen and oxygen atoms in total. The Morgan fingerprint density at radius 1 is 1.45 bits per heavy atom. The molecule has 1 heterocycles. The van der Waals surface area contributed by atoms with Gasteiger partial charge in [-0.15, -0.1) is 0 Å². The van der Waals surface area contributed by atoms with E-state index in [1.54, 1.807) is 6.92 Å². The van der Waals surface area contributed by atoms with Crippen LogP contribution < -0.4 is 10.2 Å². The smallest absolute Gasteiger partial charge is 0.216 e. The third-order valence-corrected chi connectivity index (χ3v) is 3.87. The third-order valence-electron chi connectivity index (χ3n) is 3.87. The zero-order valence-electron chi connectivity index (χ0n) is 12.1. The van der Waals surface area contributed by atoms with Crippen LogP contribution in [-0.4, -0.2) is 25.5 Å². The van der Waals surface area contributed by atoms with Gasteiger partial charge in [-0.1, -0.05) is 6.07 Å². The largest absolute Gasteiger partial charge is 0.370 e. The van der Waals surface area contributed by atoms with E-state index in [1.807, 2.05) is 19.1 Å². The molecule has 1 fully saturated rings. The summed E-state index contributed by atoms with van der Waals surface area (Å²) in [5, 5.41) is 12.1. The summed E-state index contributed by atoms with van der Waals surface area (Å²) in [5.41, 5.74) is 2.97. The molecule has 20 heavy (non-hydrogen) atoms. The van der Waals surface area contributed by atoms with E-state index < -0.39 is 0 Å². The molecule has 1 aromatic carbocycles. The molecule has 1 aliphatic rings. The number of anilines is 1. The Kier molecular flexibility index (Phi) is 4.62. The average Bonchev–Trinajstić information content (AvgIpc) is 2.45. The van der Waals surface area contributed by atoms with Gasteiger partial charge in [-0.2, -0.15) is 5.26 Å². The first-order valence-electron chi connectivity index (χ1n) is 7.10. The first-order chi connectivity index (χ1) is 9.60. The van der Waals surface area contributed by atoms with Gasteiger partial charge >= 0.3 is 0 Å². The van der Waals surface area contributed by atoms with Gasteiger partial charge in [0, 0.05) is 26.6 Å². The summed E-state index contributed by atoms with van der Waals surface area (Å²) in [6.45, 7) is 6.27. The summed E-state index contributed by atoms with van der Waals surface area (Å²) in [6.07, 6.45) is 2.11. The molecule has 0 aromatic heterocycles. The second-order valence-corrected chi connectivity index (χ2v) is 5.50. The van der Waals surface area contributed by atoms with Crippen LogP contribution in [0.5, 0.6) is 0 Å². The van der Waals surface area contributed by atoms with E-state index in [4.69, 9.17) is 0 Å². The number of nitrogens with zero attached hydrogens (tertiary/aromatic N) is 2. The normalized spacial score (nSPS) is 15.8. The van der Waals surface area contributed by atoms with Crippen LogP contribution in [0, 0.1) is 24.2 Å². The van der Waals surface area contributed by atoms with Gasteiger partial charge in [0.2, 0.25) is 5.91 Å². The number of piperidine rings is 1. The summed E-state index contributed by atoms with van der Waals surface area (Å²) in [7, 11) is 0. The number of rotatable bonds is 3. The topological polar surface area (TPSA) is 56.1 Å². The van der Waals surface area contributed by atoms with Crippen LogP contribution in [0.1, 0.15) is 30.9 Å². The molecule has 1 N–H and O–H groups in total. The Hall–Kier alpha value is -2.02. The van der Waals surface area contributed by atoms with Crippen molar-refractivity contribution in [2.75, 3.05) is 24.5 Å². The van der Waals surface area contributed by atoms with E-state index >= 15 is 0 Å². The van der Waals surface area contributed by atoms with Crippen molar-refractivity contribution >= 4 is 11.6 Å². The first kappa shape index (κ1) is 14.4. The van der Waals surface area contributed by atoms with Crippen molar-refractivity contribution in [3.8, 4) is 6.07 Å². The monoisotopic (exact) mass is 271 g/mol. The molecule has 1 saturated heterocycles. The molecule has 0 bridgehead atoms. The SMILES string of the molecule is CC(=O)NCC1CCN(c2cc(C)ccc2C#N)CC1. The number of carbonyl (C=O) groups is 1. The van der Waals surface area contributed by atoms with Gasteiger partial charge in [0.05, 0.1) is 11.3 Å². The van der Waals surface area contributed by atoms with Crippen LogP contribution in [-0.2, 0) is 4.79 Å². The van der Waals surface area contributed by atoms with Crippen molar-refractivity contribution < 1.29 is 4.79 Å². The van der Waals surface area contributed by atoms with Crippen LogP contribution >= 0.6 is 0 Å². The van der Waals surface area contributed by atoms with Crippen molar-refractivity contribution in [1.82, 2.24) is 5.32 Å². The molecule has 0 spiro atoms. The summed E-state index contributed by atoms with van der Waals surface area (Å²) in [6, 6.07) is 8.24. The summed E-state index contributed by atoms with van der Waals surface area (Å²) >= 11 is 0. The number of nitrogens with one attached hydrogen (secondary N) is 1. The highest BCUT2D eigenvalue weighted by Crippen LogP contribution is 2.26. The molecule has 0 saturated carbocycles. The number of aryl methyl sites for hydroxylation is 1. The fraction of sp³-hybridized carbons (Fsp3) is 0.500. The zero-order chi connectivity index (χ0) is 14.5. The molecule has 1 aromatic rings. The second-order valence-electron chi connectivity index (χ2n) is 5.50. The van der Waals surface area contributed by atoms with Gasteiger partial charge in [-0.25, -0.2) is 0 Å². The molecule has 2 rings (SSSR count). The van der Waals surface area contributed by atoms with Crippen molar-refractivity contribution in [2.24, 2.45) is 5.92 Å². The number of carbonyl (C=O) groups excluding carboxylic acids is 1. The predicted molar refractivity (Wildman–Crippen MR) is 79.5 cm³/mol. The Morgan fingerprint density at radius 2 is 2.15 bits per heavy atom. The highest BCUT2D eigenvalue weighted by Gasteiger charge is 2.21. The lowest BCUT2D eigenvalue weighted by molar-refractivity contribution is -0.119. The van der Waals surface area contributed by atoms with Crippen molar-refractivity contribution in [3.05, 3.63) is 29.3 Å². The molecule has 4 heteroatoms. The van der Waals surface area contributed by atoms with Gasteiger partial charge in [0.15, 0.2) is 0 Å². The lowest BCUT2D eigenvalue weighted by Gasteiger charge is -2.34. The van der Waals surface area contributed by atoms with Gasteiger partial charge in [-0.3, -0.25) is 4.79 Å². The molecule has 0 atom stereocenters. The zero-order valence-corrected chi connectivity index (χ0v) is 12.1. The lowest BCUT2D eigenvalue weighted by atomic mass is 9.95. The summed E-state index contributed by atoms with van der Waals surface area (Å²) < 4.78 is 0. The number of hydrogen-bond acceptors (Lipinski definition) is 3. The molecule has 1 amide bonds. The minimum absolute atomic E-state index is 0.0397. The fourth-order valence-electron chi connectivity index (χ4n) is 2.66. The molecule has 0 aliphatic carbocycles. The maximum Gasteiger partial charge on any atom is 0.216 e. The predicted octanol–water partition coefficient (Wildman–Crippen LogP) is 2.22. The average molecular weight is 271 g/mol. The first-order valence-corrected chi connectivity index (χ1v) is 7.10. The molecular formula is C16H21N3O. The molecule has 1 aliphatic heterocycles. The number of hydrogen-bond donors (Lipinski definition) is 1. The van der Waals surface area contributed by atoms with Crippen LogP contribution in [0.25, 0.3) is 0 Å². The van der Waals surface area contributed by atoms with E-state index in [0.29, 0.717) is 5.92 Å². The highest BCUT2D eigenvalue weighted by molar-refractivity contribution is 5.72. The standard InChI is InChI=1S/C16H21N3O/c1-12-3-4-15(10-17)16(9-12)19-7-5-14(6-8-19)11-18-13(2)20/h3-4,9,14H,5-8,11H2,1-2H3,(H,18,20). The number of benzene rings is 1. The molecule has 106 valence electrons. The van der Waals surface area contributed by atoms with Crippen molar-refractivity contribution in [1.29, 1.82) is 5.26 Å². The minimum atomic E-state index is 0.0397. The number of amides is 1. The molecular weight excluding hydrogens is 250 g/mol. The van der Waals surface area contributed by atoms with Crippen molar-refractivity contribution in [3.63, 3.8) is 0 Å². The van der Waals surface area contributed by atoms with Gasteiger partial charge < -0.3 is 10.2 Å². The highest BCUT2D eigenvalue weighted by atomic mass is 16.1. The van der Waals surface area contributed by atoms with E-state index in [9.17, 15) is 10.1 Å². The van der Waals surface area contributed by atoms with E-state index in [2.05, 4.69) is 22.4 Å². The van der Waals surface area contributed by atoms with Crippen LogP contribution in [0.4, 0.5) is 5.69 Å². The summed E-state index contributed by atoms with van der Waals surface area (Å²) in [5.74, 6) is 0.586. The molecule has 0 radical (unpaired) electrons. The Morgan fingerprint density at radius 3 is 2.75 bits per heavy atom. The quantitative estimate of drug-likeness (QED) is 0.917. The maximum absolute atomic E-state index is 10.9.